The maximum Gasteiger partial charge on any atom is 0.219 e. The third-order valence-corrected chi connectivity index (χ3v) is 7.31. The number of hydrogen-bond donors (Lipinski definition) is 0. The van der Waals surface area contributed by atoms with Crippen LogP contribution in [0.5, 0.6) is 0 Å². The molecule has 0 aromatic rings. The van der Waals surface area contributed by atoms with Gasteiger partial charge in [0, 0.05) is 0 Å². The highest BCUT2D eigenvalue weighted by molar-refractivity contribution is 4.77. The second-order valence-electron chi connectivity index (χ2n) is 11.5. The van der Waals surface area contributed by atoms with Gasteiger partial charge < -0.3 is 0 Å². The van der Waals surface area contributed by atoms with Crippen molar-refractivity contribution in [2.75, 3.05) is 40.0 Å². The van der Waals surface area contributed by atoms with Crippen LogP contribution in [-0.4, -0.2) is 75.0 Å². The zero-order chi connectivity index (χ0) is 16.8. The van der Waals surface area contributed by atoms with Crippen molar-refractivity contribution in [2.24, 2.45) is 0 Å². The van der Waals surface area contributed by atoms with Crippen molar-refractivity contribution in [1.29, 1.82) is 0 Å². The number of rotatable bonds is 0. The molecule has 128 valence electrons. The van der Waals surface area contributed by atoms with Crippen LogP contribution in [0, 0.1) is 0 Å². The van der Waals surface area contributed by atoms with Gasteiger partial charge in [-0.1, -0.05) is 0 Å². The molecule has 4 rings (SSSR count). The molecule has 4 aliphatic rings. The maximum atomic E-state index is 2.78. The molecule has 4 saturated heterocycles. The van der Waals surface area contributed by atoms with E-state index in [9.17, 15) is 0 Å². The fraction of sp³-hybridized carbons (Fsp3) is 1.00. The van der Waals surface area contributed by atoms with Gasteiger partial charge in [-0.2, -0.15) is 4.90 Å². The van der Waals surface area contributed by atoms with Gasteiger partial charge in [0.15, 0.2) is 20.0 Å². The first-order chi connectivity index (χ1) is 9.66. The second kappa shape index (κ2) is 4.08. The lowest BCUT2D eigenvalue weighted by Crippen LogP contribution is -2.96. The summed E-state index contributed by atoms with van der Waals surface area (Å²) < 4.78 is 3.75. The van der Waals surface area contributed by atoms with Gasteiger partial charge in [0.1, 0.15) is 16.6 Å². The van der Waals surface area contributed by atoms with E-state index >= 15 is 0 Å². The largest absolute Gasteiger partial charge is 0.219 e. The molecule has 4 bridgehead atoms. The monoisotopic (exact) mass is 311 g/mol. The van der Waals surface area contributed by atoms with Crippen molar-refractivity contribution < 1.29 is 13.4 Å². The summed E-state index contributed by atoms with van der Waals surface area (Å²) in [5, 5.41) is 0. The Labute approximate surface area is 138 Å². The van der Waals surface area contributed by atoms with E-state index < -0.39 is 0 Å². The van der Waals surface area contributed by atoms with E-state index in [2.05, 4.69) is 67.2 Å². The number of nitrogens with zero attached hydrogens (tertiary/aromatic N) is 4. The van der Waals surface area contributed by atoms with Crippen LogP contribution in [0.25, 0.3) is 0 Å². The van der Waals surface area contributed by atoms with Crippen molar-refractivity contribution >= 4 is 0 Å². The highest BCUT2D eigenvalue weighted by Crippen LogP contribution is 2.50. The lowest BCUT2D eigenvalue weighted by Gasteiger charge is -2.73. The summed E-state index contributed by atoms with van der Waals surface area (Å²) >= 11 is 0. The van der Waals surface area contributed by atoms with E-state index in [0.29, 0.717) is 16.6 Å². The van der Waals surface area contributed by atoms with Gasteiger partial charge in [0.25, 0.3) is 0 Å². The summed E-state index contributed by atoms with van der Waals surface area (Å²) in [5.74, 6) is 0. The van der Waals surface area contributed by atoms with Gasteiger partial charge in [-0.05, 0) is 62.3 Å². The first-order valence-corrected chi connectivity index (χ1v) is 8.97. The quantitative estimate of drug-likeness (QED) is 0.622. The summed E-state index contributed by atoms with van der Waals surface area (Å²) in [4.78, 5) is 2.78. The van der Waals surface area contributed by atoms with E-state index in [1.807, 2.05) is 0 Å². The Morgan fingerprint density at radius 2 is 0.727 bits per heavy atom. The standard InChI is InChI=1S/C18H39N4/c1-16(2,3)20-10-19-11-21(13-20,17(4,5)6)15-22(12-19,14-20)18(7,8)9/h10-15H2,1-9H3/q+3. The third kappa shape index (κ3) is 1.97. The summed E-state index contributed by atoms with van der Waals surface area (Å²) in [7, 11) is 0. The lowest BCUT2D eigenvalue weighted by molar-refractivity contribution is -1.34. The van der Waals surface area contributed by atoms with Crippen molar-refractivity contribution in [3.8, 4) is 0 Å². The minimum absolute atomic E-state index is 0.309. The first kappa shape index (κ1) is 16.7. The molecule has 4 nitrogen and oxygen atoms in total. The molecule has 0 aromatic carbocycles. The average molecular weight is 312 g/mol. The van der Waals surface area contributed by atoms with E-state index in [4.69, 9.17) is 0 Å². The zero-order valence-electron chi connectivity index (χ0n) is 16.5. The Balaban J connectivity index is 2.17. The van der Waals surface area contributed by atoms with Crippen LogP contribution in [0.3, 0.4) is 0 Å². The molecule has 4 heterocycles. The van der Waals surface area contributed by atoms with E-state index in [1.54, 1.807) is 0 Å². The Kier molecular flexibility index (Phi) is 3.10. The SMILES string of the molecule is CC(C)(C)[N+]12CN3C[N+](C(C)(C)C)(C1)C[N+](C(C)(C)C)(C3)C2. The van der Waals surface area contributed by atoms with Gasteiger partial charge >= 0.3 is 0 Å². The highest BCUT2D eigenvalue weighted by Gasteiger charge is 2.73. The minimum Gasteiger partial charge on any atom is -0.214 e. The van der Waals surface area contributed by atoms with Crippen LogP contribution in [0.15, 0.2) is 0 Å². The molecule has 0 N–H and O–H groups in total. The third-order valence-electron chi connectivity index (χ3n) is 7.31. The van der Waals surface area contributed by atoms with Crippen LogP contribution >= 0.6 is 0 Å². The fourth-order valence-electron chi connectivity index (χ4n) is 5.15. The minimum atomic E-state index is 0.309. The van der Waals surface area contributed by atoms with Crippen molar-refractivity contribution in [3.05, 3.63) is 0 Å². The molecule has 0 radical (unpaired) electrons. The molecule has 0 spiro atoms. The molecular weight excluding hydrogens is 272 g/mol. The normalized spacial score (nSPS) is 45.4. The van der Waals surface area contributed by atoms with Crippen molar-refractivity contribution in [2.45, 2.75) is 78.9 Å². The van der Waals surface area contributed by atoms with Crippen LogP contribution in [0.1, 0.15) is 62.3 Å². The number of quaternary nitrogens is 3. The molecule has 0 amide bonds. The smallest absolute Gasteiger partial charge is 0.214 e. The Bertz CT molecular complexity index is 397. The second-order valence-corrected chi connectivity index (χ2v) is 11.5. The molecule has 22 heavy (non-hydrogen) atoms. The molecule has 4 fully saturated rings. The molecule has 0 saturated carbocycles. The summed E-state index contributed by atoms with van der Waals surface area (Å²) in [6, 6.07) is 0. The average Bonchev–Trinajstić information content (AvgIpc) is 2.22. The van der Waals surface area contributed by atoms with Crippen LogP contribution in [-0.2, 0) is 0 Å². The van der Waals surface area contributed by atoms with Crippen molar-refractivity contribution in [3.63, 3.8) is 0 Å². The molecule has 0 unspecified atom stereocenters. The van der Waals surface area contributed by atoms with E-state index in [-0.39, 0.29) is 0 Å². The number of hydrogen-bond acceptors (Lipinski definition) is 1. The van der Waals surface area contributed by atoms with Gasteiger partial charge in [-0.15, -0.1) is 0 Å². The molecule has 4 aliphatic heterocycles. The van der Waals surface area contributed by atoms with Gasteiger partial charge in [-0.3, -0.25) is 0 Å². The molecule has 0 atom stereocenters. The molecule has 4 heteroatoms. The fourth-order valence-corrected chi connectivity index (χ4v) is 5.15. The van der Waals surface area contributed by atoms with Crippen LogP contribution < -0.4 is 0 Å². The highest BCUT2D eigenvalue weighted by atomic mass is 15.8. The Morgan fingerprint density at radius 1 is 0.500 bits per heavy atom. The molecular formula is C18H39N4+3. The predicted molar refractivity (Wildman–Crippen MR) is 91.1 cm³/mol. The van der Waals surface area contributed by atoms with Crippen LogP contribution in [0.2, 0.25) is 0 Å². The summed E-state index contributed by atoms with van der Waals surface area (Å²) in [6.45, 7) is 29.8. The van der Waals surface area contributed by atoms with Gasteiger partial charge in [-0.25, -0.2) is 13.4 Å². The summed E-state index contributed by atoms with van der Waals surface area (Å²) in [6.07, 6.45) is 0. The first-order valence-electron chi connectivity index (χ1n) is 8.97. The maximum absolute atomic E-state index is 2.78. The van der Waals surface area contributed by atoms with E-state index in [0.717, 1.165) is 0 Å². The van der Waals surface area contributed by atoms with Crippen molar-refractivity contribution in [1.82, 2.24) is 4.90 Å². The van der Waals surface area contributed by atoms with Gasteiger partial charge in [0.05, 0.1) is 0 Å². The predicted octanol–water partition coefficient (Wildman–Crippen LogP) is 2.92. The Morgan fingerprint density at radius 3 is 0.909 bits per heavy atom. The lowest BCUT2D eigenvalue weighted by atomic mass is 9.91. The Hall–Kier alpha value is -0.160. The topological polar surface area (TPSA) is 3.24 Å². The summed E-state index contributed by atoms with van der Waals surface area (Å²) in [5.41, 5.74) is 0.926. The molecule has 0 aliphatic carbocycles. The van der Waals surface area contributed by atoms with Gasteiger partial charge in [0.2, 0.25) is 20.0 Å². The zero-order valence-corrected chi connectivity index (χ0v) is 16.5. The van der Waals surface area contributed by atoms with Crippen LogP contribution in [0.4, 0.5) is 0 Å². The molecule has 0 aromatic heterocycles. The van der Waals surface area contributed by atoms with E-state index in [1.165, 1.54) is 53.5 Å².